The molecule has 2 fully saturated rings. The molecule has 2 aromatic rings. The van der Waals surface area contributed by atoms with Crippen LogP contribution in [0.15, 0.2) is 6.20 Å². The van der Waals surface area contributed by atoms with E-state index in [1.54, 1.807) is 0 Å². The van der Waals surface area contributed by atoms with E-state index in [1.165, 1.54) is 25.7 Å². The molecule has 0 aromatic carbocycles. The van der Waals surface area contributed by atoms with E-state index in [9.17, 15) is 0 Å². The predicted octanol–water partition coefficient (Wildman–Crippen LogP) is 1.92. The van der Waals surface area contributed by atoms with Gasteiger partial charge < -0.3 is 10.0 Å². The highest BCUT2D eigenvalue weighted by molar-refractivity contribution is 5.87. The summed E-state index contributed by atoms with van der Waals surface area (Å²) in [6.07, 6.45) is 8.88. The van der Waals surface area contributed by atoms with Crippen molar-refractivity contribution in [1.82, 2.24) is 24.6 Å². The van der Waals surface area contributed by atoms with Crippen LogP contribution in [0.1, 0.15) is 50.3 Å². The van der Waals surface area contributed by atoms with Gasteiger partial charge in [-0.3, -0.25) is 9.58 Å². The summed E-state index contributed by atoms with van der Waals surface area (Å²) >= 11 is 0. The maximum absolute atomic E-state index is 8.96. The van der Waals surface area contributed by atoms with Crippen molar-refractivity contribution in [3.8, 4) is 0 Å². The second-order valence-electron chi connectivity index (χ2n) is 7.65. The summed E-state index contributed by atoms with van der Waals surface area (Å²) in [7, 11) is 1.97. The maximum Gasteiger partial charge on any atom is 0.163 e. The largest absolute Gasteiger partial charge is 0.396 e. The van der Waals surface area contributed by atoms with Gasteiger partial charge in [0, 0.05) is 45.8 Å². The van der Waals surface area contributed by atoms with Crippen LogP contribution in [0.5, 0.6) is 0 Å². The van der Waals surface area contributed by atoms with Crippen molar-refractivity contribution < 1.29 is 5.11 Å². The molecule has 4 rings (SSSR count). The number of aryl methyl sites for hydroxylation is 1. The Labute approximate surface area is 155 Å². The number of hydrogen-bond donors (Lipinski definition) is 1. The van der Waals surface area contributed by atoms with Crippen molar-refractivity contribution in [2.24, 2.45) is 7.05 Å². The number of aromatic nitrogens is 4. The molecule has 1 aliphatic carbocycles. The lowest BCUT2D eigenvalue weighted by Gasteiger charge is -2.35. The van der Waals surface area contributed by atoms with Crippen LogP contribution >= 0.6 is 0 Å². The van der Waals surface area contributed by atoms with E-state index in [4.69, 9.17) is 15.1 Å². The average molecular weight is 358 g/mol. The molecule has 0 radical (unpaired) electrons. The summed E-state index contributed by atoms with van der Waals surface area (Å²) in [4.78, 5) is 14.8. The smallest absolute Gasteiger partial charge is 0.163 e. The van der Waals surface area contributed by atoms with Crippen molar-refractivity contribution in [2.75, 3.05) is 44.2 Å². The molecule has 3 heterocycles. The van der Waals surface area contributed by atoms with Crippen molar-refractivity contribution in [2.45, 2.75) is 44.4 Å². The Bertz CT molecular complexity index is 731. The molecule has 0 amide bonds. The van der Waals surface area contributed by atoms with Crippen molar-refractivity contribution in [3.05, 3.63) is 12.0 Å². The molecule has 7 heteroatoms. The minimum Gasteiger partial charge on any atom is -0.396 e. The number of piperazine rings is 1. The third-order valence-electron chi connectivity index (χ3n) is 5.86. The van der Waals surface area contributed by atoms with Gasteiger partial charge in [0.1, 0.15) is 11.6 Å². The Hall–Kier alpha value is -1.73. The minimum absolute atomic E-state index is 0.295. The Morgan fingerprint density at radius 2 is 1.85 bits per heavy atom. The number of aliphatic hydroxyl groups excluding tert-OH is 1. The van der Waals surface area contributed by atoms with E-state index in [-0.39, 0.29) is 0 Å². The zero-order chi connectivity index (χ0) is 17.9. The molecular weight excluding hydrogens is 328 g/mol. The minimum atomic E-state index is 0.295. The fraction of sp³-hybridized carbons (Fsp3) is 0.737. The van der Waals surface area contributed by atoms with Gasteiger partial charge in [-0.05, 0) is 32.2 Å². The van der Waals surface area contributed by atoms with Crippen LogP contribution < -0.4 is 4.90 Å². The number of aliphatic hydroxyl groups is 1. The lowest BCUT2D eigenvalue weighted by Crippen LogP contribution is -2.47. The van der Waals surface area contributed by atoms with Gasteiger partial charge in [-0.2, -0.15) is 5.10 Å². The summed E-state index contributed by atoms with van der Waals surface area (Å²) in [5.41, 5.74) is 0.960. The van der Waals surface area contributed by atoms with E-state index in [0.29, 0.717) is 12.5 Å². The molecule has 0 spiro atoms. The first-order chi connectivity index (χ1) is 12.8. The Kier molecular flexibility index (Phi) is 5.36. The first kappa shape index (κ1) is 17.7. The Morgan fingerprint density at radius 3 is 2.58 bits per heavy atom. The molecular formula is C19H30N6O. The Morgan fingerprint density at radius 1 is 1.08 bits per heavy atom. The van der Waals surface area contributed by atoms with Gasteiger partial charge in [0.2, 0.25) is 0 Å². The molecule has 2 aliphatic rings. The zero-order valence-electron chi connectivity index (χ0n) is 15.8. The van der Waals surface area contributed by atoms with Gasteiger partial charge in [-0.15, -0.1) is 0 Å². The number of anilines is 1. The highest BCUT2D eigenvalue weighted by Crippen LogP contribution is 2.35. The second-order valence-corrected chi connectivity index (χ2v) is 7.65. The molecule has 142 valence electrons. The van der Waals surface area contributed by atoms with E-state index in [0.717, 1.165) is 68.2 Å². The van der Waals surface area contributed by atoms with E-state index >= 15 is 0 Å². The number of unbranched alkanes of at least 4 members (excludes halogenated alkanes) is 1. The molecule has 0 unspecified atom stereocenters. The van der Waals surface area contributed by atoms with E-state index in [2.05, 4.69) is 14.9 Å². The average Bonchev–Trinajstić information content (AvgIpc) is 3.32. The van der Waals surface area contributed by atoms with Crippen LogP contribution in [-0.2, 0) is 7.05 Å². The fourth-order valence-corrected chi connectivity index (χ4v) is 4.26. The SMILES string of the molecule is Cn1ncc2c(N3CCN(CCCCO)CC3)nc(C3CCCC3)nc21. The summed E-state index contributed by atoms with van der Waals surface area (Å²) < 4.78 is 1.88. The summed E-state index contributed by atoms with van der Waals surface area (Å²) in [5, 5.41) is 14.5. The van der Waals surface area contributed by atoms with Crippen LogP contribution in [0.25, 0.3) is 11.0 Å². The number of rotatable bonds is 6. The monoisotopic (exact) mass is 358 g/mol. The quantitative estimate of drug-likeness (QED) is 0.796. The molecule has 2 aromatic heterocycles. The molecule has 1 aliphatic heterocycles. The second kappa shape index (κ2) is 7.88. The lowest BCUT2D eigenvalue weighted by atomic mass is 10.1. The molecule has 0 bridgehead atoms. The topological polar surface area (TPSA) is 70.3 Å². The first-order valence-electron chi connectivity index (χ1n) is 10.0. The highest BCUT2D eigenvalue weighted by atomic mass is 16.2. The van der Waals surface area contributed by atoms with Crippen molar-refractivity contribution in [1.29, 1.82) is 0 Å². The van der Waals surface area contributed by atoms with Gasteiger partial charge in [-0.25, -0.2) is 9.97 Å². The van der Waals surface area contributed by atoms with Crippen molar-refractivity contribution >= 4 is 16.9 Å². The van der Waals surface area contributed by atoms with Crippen molar-refractivity contribution in [3.63, 3.8) is 0 Å². The number of fused-ring (bicyclic) bond motifs is 1. The van der Waals surface area contributed by atoms with Crippen LogP contribution in [0.2, 0.25) is 0 Å². The molecule has 1 N–H and O–H groups in total. The van der Waals surface area contributed by atoms with Gasteiger partial charge in [0.25, 0.3) is 0 Å². The summed E-state index contributed by atoms with van der Waals surface area (Å²) in [6, 6.07) is 0. The first-order valence-corrected chi connectivity index (χ1v) is 10.0. The number of hydrogen-bond acceptors (Lipinski definition) is 6. The summed E-state index contributed by atoms with van der Waals surface area (Å²) in [5.74, 6) is 2.59. The van der Waals surface area contributed by atoms with Crippen LogP contribution in [-0.4, -0.2) is 69.1 Å². The number of nitrogens with zero attached hydrogens (tertiary/aromatic N) is 6. The molecule has 7 nitrogen and oxygen atoms in total. The van der Waals surface area contributed by atoms with Crippen LogP contribution in [0.3, 0.4) is 0 Å². The normalized spacial score (nSPS) is 19.7. The molecule has 1 saturated carbocycles. The maximum atomic E-state index is 8.96. The summed E-state index contributed by atoms with van der Waals surface area (Å²) in [6.45, 7) is 5.46. The third kappa shape index (κ3) is 3.55. The molecule has 1 saturated heterocycles. The van der Waals surface area contributed by atoms with E-state index < -0.39 is 0 Å². The standard InChI is InChI=1S/C19H30N6O/c1-23-18-16(14-20-23)19(22-17(21-18)15-6-2-3-7-15)25-11-9-24(10-12-25)8-4-5-13-26/h14-15,26H,2-13H2,1H3. The zero-order valence-corrected chi connectivity index (χ0v) is 15.8. The molecule has 26 heavy (non-hydrogen) atoms. The van der Waals surface area contributed by atoms with Gasteiger partial charge >= 0.3 is 0 Å². The van der Waals surface area contributed by atoms with Gasteiger partial charge in [0.15, 0.2) is 5.65 Å². The van der Waals surface area contributed by atoms with Gasteiger partial charge in [-0.1, -0.05) is 12.8 Å². The van der Waals surface area contributed by atoms with Gasteiger partial charge in [0.05, 0.1) is 11.6 Å². The highest BCUT2D eigenvalue weighted by Gasteiger charge is 2.25. The predicted molar refractivity (Wildman–Crippen MR) is 102 cm³/mol. The molecule has 0 atom stereocenters. The van der Waals surface area contributed by atoms with Crippen LogP contribution in [0.4, 0.5) is 5.82 Å². The van der Waals surface area contributed by atoms with Crippen LogP contribution in [0, 0.1) is 0 Å². The lowest BCUT2D eigenvalue weighted by molar-refractivity contribution is 0.232. The third-order valence-corrected chi connectivity index (χ3v) is 5.86. The van der Waals surface area contributed by atoms with E-state index in [1.807, 2.05) is 17.9 Å². The fourth-order valence-electron chi connectivity index (χ4n) is 4.26. The Balaban J connectivity index is 1.54.